The molecule has 0 saturated heterocycles. The number of hydrogen-bond acceptors (Lipinski definition) is 5. The molecule has 0 amide bonds. The number of nitrogens with zero attached hydrogens (tertiary/aromatic N) is 2. The van der Waals surface area contributed by atoms with Crippen LogP contribution in [0.1, 0.15) is 5.01 Å². The first-order valence-electron chi connectivity index (χ1n) is 4.21. The standard InChI is InChI=1S/C9H8IN3OS/c10-6-3-1-2-4-7(6)14-5-8-12-13-9(11)15-8/h1-4H,5H2,(H2,11,13). The molecule has 1 heterocycles. The molecule has 0 spiro atoms. The zero-order valence-electron chi connectivity index (χ0n) is 7.68. The molecule has 0 fully saturated rings. The Kier molecular flexibility index (Phi) is 3.37. The van der Waals surface area contributed by atoms with Crippen molar-refractivity contribution in [1.82, 2.24) is 10.2 Å². The SMILES string of the molecule is Nc1nnc(COc2ccccc2I)s1. The molecule has 0 saturated carbocycles. The van der Waals surface area contributed by atoms with E-state index in [1.165, 1.54) is 11.3 Å². The van der Waals surface area contributed by atoms with Gasteiger partial charge in [0.2, 0.25) is 5.13 Å². The number of rotatable bonds is 3. The molecular weight excluding hydrogens is 325 g/mol. The summed E-state index contributed by atoms with van der Waals surface area (Å²) in [4.78, 5) is 0. The number of benzene rings is 1. The van der Waals surface area contributed by atoms with Crippen molar-refractivity contribution < 1.29 is 4.74 Å². The molecule has 0 aliphatic heterocycles. The Morgan fingerprint density at radius 1 is 1.33 bits per heavy atom. The fourth-order valence-corrected chi connectivity index (χ4v) is 2.09. The van der Waals surface area contributed by atoms with Gasteiger partial charge in [-0.1, -0.05) is 23.5 Å². The largest absolute Gasteiger partial charge is 0.485 e. The van der Waals surface area contributed by atoms with E-state index in [4.69, 9.17) is 10.5 Å². The number of nitrogen functional groups attached to an aromatic ring is 1. The highest BCUT2D eigenvalue weighted by Gasteiger charge is 2.03. The lowest BCUT2D eigenvalue weighted by atomic mass is 10.3. The number of para-hydroxylation sites is 1. The minimum Gasteiger partial charge on any atom is -0.485 e. The number of halogens is 1. The van der Waals surface area contributed by atoms with Crippen LogP contribution in [0.15, 0.2) is 24.3 Å². The first kappa shape index (κ1) is 10.6. The zero-order chi connectivity index (χ0) is 10.7. The van der Waals surface area contributed by atoms with E-state index in [1.807, 2.05) is 24.3 Å². The molecule has 1 aromatic carbocycles. The third kappa shape index (κ3) is 2.78. The van der Waals surface area contributed by atoms with Gasteiger partial charge in [-0.05, 0) is 34.7 Å². The van der Waals surface area contributed by atoms with Crippen LogP contribution in [0.3, 0.4) is 0 Å². The highest BCUT2D eigenvalue weighted by molar-refractivity contribution is 14.1. The molecular formula is C9H8IN3OS. The average Bonchev–Trinajstić information content (AvgIpc) is 2.63. The van der Waals surface area contributed by atoms with Crippen LogP contribution >= 0.6 is 33.9 Å². The second-order valence-electron chi connectivity index (χ2n) is 2.75. The molecule has 2 rings (SSSR count). The predicted octanol–water partition coefficient (Wildman–Crippen LogP) is 2.30. The molecule has 6 heteroatoms. The molecule has 0 radical (unpaired) electrons. The Balaban J connectivity index is 2.02. The molecule has 0 bridgehead atoms. The van der Waals surface area contributed by atoms with E-state index < -0.39 is 0 Å². The van der Waals surface area contributed by atoms with Crippen LogP contribution < -0.4 is 10.5 Å². The van der Waals surface area contributed by atoms with Crippen LogP contribution in [0.5, 0.6) is 5.75 Å². The van der Waals surface area contributed by atoms with Gasteiger partial charge in [0.1, 0.15) is 12.4 Å². The summed E-state index contributed by atoms with van der Waals surface area (Å²) in [7, 11) is 0. The second-order valence-corrected chi connectivity index (χ2v) is 5.01. The molecule has 0 aliphatic carbocycles. The Labute approximate surface area is 105 Å². The van der Waals surface area contributed by atoms with Crippen molar-refractivity contribution in [2.24, 2.45) is 0 Å². The number of ether oxygens (including phenoxy) is 1. The van der Waals surface area contributed by atoms with Gasteiger partial charge in [0.15, 0.2) is 5.01 Å². The fraction of sp³-hybridized carbons (Fsp3) is 0.111. The molecule has 1 aromatic heterocycles. The van der Waals surface area contributed by atoms with Crippen LogP contribution in [-0.4, -0.2) is 10.2 Å². The summed E-state index contributed by atoms with van der Waals surface area (Å²) < 4.78 is 6.66. The minimum absolute atomic E-state index is 0.412. The van der Waals surface area contributed by atoms with Crippen molar-refractivity contribution in [3.05, 3.63) is 32.8 Å². The summed E-state index contributed by atoms with van der Waals surface area (Å²) in [5, 5.41) is 8.85. The van der Waals surface area contributed by atoms with Gasteiger partial charge in [0.25, 0.3) is 0 Å². The zero-order valence-corrected chi connectivity index (χ0v) is 10.7. The predicted molar refractivity (Wildman–Crippen MR) is 67.8 cm³/mol. The Morgan fingerprint density at radius 2 is 2.13 bits per heavy atom. The van der Waals surface area contributed by atoms with E-state index in [0.29, 0.717) is 11.7 Å². The summed E-state index contributed by atoms with van der Waals surface area (Å²) in [6.45, 7) is 0.412. The number of hydrogen-bond donors (Lipinski definition) is 1. The lowest BCUT2D eigenvalue weighted by Crippen LogP contribution is -1.96. The average molecular weight is 333 g/mol. The molecule has 15 heavy (non-hydrogen) atoms. The summed E-state index contributed by atoms with van der Waals surface area (Å²) in [6, 6.07) is 7.82. The van der Waals surface area contributed by atoms with E-state index in [0.717, 1.165) is 14.3 Å². The minimum atomic E-state index is 0.412. The van der Waals surface area contributed by atoms with Crippen molar-refractivity contribution in [3.8, 4) is 5.75 Å². The van der Waals surface area contributed by atoms with Crippen LogP contribution in [0, 0.1) is 3.57 Å². The van der Waals surface area contributed by atoms with Crippen LogP contribution in [0.2, 0.25) is 0 Å². The van der Waals surface area contributed by atoms with E-state index >= 15 is 0 Å². The maximum Gasteiger partial charge on any atom is 0.203 e. The topological polar surface area (TPSA) is 61.0 Å². The van der Waals surface area contributed by atoms with Gasteiger partial charge in [-0.15, -0.1) is 10.2 Å². The third-order valence-corrected chi connectivity index (χ3v) is 3.29. The van der Waals surface area contributed by atoms with Crippen LogP contribution in [0.4, 0.5) is 5.13 Å². The molecule has 78 valence electrons. The number of anilines is 1. The van der Waals surface area contributed by atoms with Gasteiger partial charge in [-0.2, -0.15) is 0 Å². The van der Waals surface area contributed by atoms with Crippen molar-refractivity contribution in [1.29, 1.82) is 0 Å². The van der Waals surface area contributed by atoms with Crippen molar-refractivity contribution >= 4 is 39.1 Å². The lowest BCUT2D eigenvalue weighted by molar-refractivity contribution is 0.302. The van der Waals surface area contributed by atoms with E-state index in [9.17, 15) is 0 Å². The molecule has 4 nitrogen and oxygen atoms in total. The fourth-order valence-electron chi connectivity index (χ4n) is 1.03. The summed E-state index contributed by atoms with van der Waals surface area (Å²) in [5.74, 6) is 0.854. The van der Waals surface area contributed by atoms with Gasteiger partial charge in [-0.3, -0.25) is 0 Å². The van der Waals surface area contributed by atoms with E-state index in [1.54, 1.807) is 0 Å². The van der Waals surface area contributed by atoms with Gasteiger partial charge in [0.05, 0.1) is 3.57 Å². The summed E-state index contributed by atoms with van der Waals surface area (Å²) >= 11 is 3.57. The van der Waals surface area contributed by atoms with Crippen LogP contribution in [0.25, 0.3) is 0 Å². The molecule has 0 atom stereocenters. The normalized spacial score (nSPS) is 10.2. The number of nitrogens with two attached hydrogens (primary N) is 1. The van der Waals surface area contributed by atoms with Gasteiger partial charge in [0, 0.05) is 0 Å². The van der Waals surface area contributed by atoms with Crippen molar-refractivity contribution in [2.75, 3.05) is 5.73 Å². The summed E-state index contributed by atoms with van der Waals surface area (Å²) in [6.07, 6.45) is 0. The van der Waals surface area contributed by atoms with E-state index in [-0.39, 0.29) is 0 Å². The highest BCUT2D eigenvalue weighted by atomic mass is 127. The maximum atomic E-state index is 5.58. The number of aromatic nitrogens is 2. The van der Waals surface area contributed by atoms with Crippen LogP contribution in [-0.2, 0) is 6.61 Å². The molecule has 2 aromatic rings. The van der Waals surface area contributed by atoms with Gasteiger partial charge in [-0.25, -0.2) is 0 Å². The smallest absolute Gasteiger partial charge is 0.203 e. The first-order chi connectivity index (χ1) is 7.25. The highest BCUT2D eigenvalue weighted by Crippen LogP contribution is 2.21. The first-order valence-corrected chi connectivity index (χ1v) is 6.10. The van der Waals surface area contributed by atoms with Gasteiger partial charge < -0.3 is 10.5 Å². The van der Waals surface area contributed by atoms with Crippen molar-refractivity contribution in [3.63, 3.8) is 0 Å². The van der Waals surface area contributed by atoms with Gasteiger partial charge >= 0.3 is 0 Å². The molecule has 2 N–H and O–H groups in total. The lowest BCUT2D eigenvalue weighted by Gasteiger charge is -2.04. The second kappa shape index (κ2) is 4.75. The third-order valence-electron chi connectivity index (χ3n) is 1.67. The Morgan fingerprint density at radius 3 is 2.80 bits per heavy atom. The molecule has 0 unspecified atom stereocenters. The Hall–Kier alpha value is -0.890. The summed E-state index contributed by atoms with van der Waals surface area (Å²) in [5.41, 5.74) is 5.47. The quantitative estimate of drug-likeness (QED) is 0.876. The Bertz CT molecular complexity index is 460. The maximum absolute atomic E-state index is 5.58. The van der Waals surface area contributed by atoms with E-state index in [2.05, 4.69) is 32.8 Å². The van der Waals surface area contributed by atoms with Crippen molar-refractivity contribution in [2.45, 2.75) is 6.61 Å². The molecule has 0 aliphatic rings. The monoisotopic (exact) mass is 333 g/mol.